The van der Waals surface area contributed by atoms with Crippen molar-refractivity contribution in [1.29, 1.82) is 0 Å². The van der Waals surface area contributed by atoms with Crippen LogP contribution in [0, 0.1) is 0 Å². The van der Waals surface area contributed by atoms with Gasteiger partial charge in [0, 0.05) is 0 Å². The van der Waals surface area contributed by atoms with Crippen LogP contribution in [0.4, 0.5) is 0 Å². The zero-order valence-electron chi connectivity index (χ0n) is 7.77. The number of hydrogen-bond acceptors (Lipinski definition) is 1. The molecular formula is C8H14I2OV. The van der Waals surface area contributed by atoms with Crippen LogP contribution in [0.1, 0.15) is 27.7 Å². The van der Waals surface area contributed by atoms with Crippen molar-refractivity contribution < 1.29 is 14.2 Å². The third kappa shape index (κ3) is 4.31. The Hall–Kier alpha value is 1.74. The predicted octanol–water partition coefficient (Wildman–Crippen LogP) is 3.90. The molecule has 1 aliphatic rings. The molecule has 0 aromatic rings. The van der Waals surface area contributed by atoms with Crippen molar-refractivity contribution in [1.82, 2.24) is 0 Å². The molecule has 12 heavy (non-hydrogen) atoms. The zero-order valence-corrected chi connectivity index (χ0v) is 13.5. The van der Waals surface area contributed by atoms with Crippen LogP contribution in [0.2, 0.25) is 0 Å². The van der Waals surface area contributed by atoms with Crippen molar-refractivity contribution in [2.45, 2.75) is 39.9 Å². The van der Waals surface area contributed by atoms with E-state index in [9.17, 15) is 0 Å². The molecule has 0 aromatic heterocycles. The van der Waals surface area contributed by atoms with E-state index < -0.39 is 0 Å². The van der Waals surface area contributed by atoms with Crippen LogP contribution >= 0.6 is 40.0 Å². The normalized spacial score (nSPS) is 28.2. The standard InChI is InChI=1S/C8H14O.2HI.V/c1-5-6(2)8(4)9-7(5)3;;;/h7-8H,1-4H3;2*1H;/q;;;+2/p-2. The van der Waals surface area contributed by atoms with Gasteiger partial charge in [0.25, 0.3) is 0 Å². The number of hydrogen-bond donors (Lipinski definition) is 0. The Kier molecular flexibility index (Phi) is 8.12. The first-order chi connectivity index (χ1) is 5.54. The van der Waals surface area contributed by atoms with E-state index in [-0.39, 0.29) is 0 Å². The van der Waals surface area contributed by atoms with Crippen LogP contribution in [0.25, 0.3) is 0 Å². The molecule has 0 spiro atoms. The summed E-state index contributed by atoms with van der Waals surface area (Å²) in [5, 5.41) is 0. The van der Waals surface area contributed by atoms with Gasteiger partial charge in [-0.15, -0.1) is 0 Å². The van der Waals surface area contributed by atoms with Crippen LogP contribution < -0.4 is 0 Å². The molecule has 2 atom stereocenters. The molecule has 1 rings (SSSR count). The second-order valence-corrected chi connectivity index (χ2v) is 14.6. The van der Waals surface area contributed by atoms with E-state index >= 15 is 0 Å². The van der Waals surface area contributed by atoms with E-state index in [4.69, 9.17) is 4.74 Å². The number of ether oxygens (including phenoxy) is 1. The van der Waals surface area contributed by atoms with Gasteiger partial charge in [-0.2, -0.15) is 0 Å². The molecule has 1 heterocycles. The molecule has 2 unspecified atom stereocenters. The van der Waals surface area contributed by atoms with Gasteiger partial charge in [-0.25, -0.2) is 0 Å². The SMILES string of the molecule is CC1=C(C)C(C)OC1C.[I][V][I]. The van der Waals surface area contributed by atoms with Crippen molar-refractivity contribution >= 4 is 40.0 Å². The third-order valence-corrected chi connectivity index (χ3v) is 2.25. The van der Waals surface area contributed by atoms with Crippen LogP contribution in [0.5, 0.6) is 0 Å². The van der Waals surface area contributed by atoms with Crippen LogP contribution in [0.15, 0.2) is 11.1 Å². The molecule has 71 valence electrons. The summed E-state index contributed by atoms with van der Waals surface area (Å²) in [5.41, 5.74) is 2.81. The van der Waals surface area contributed by atoms with E-state index in [1.807, 2.05) is 0 Å². The van der Waals surface area contributed by atoms with Gasteiger partial charge in [0.15, 0.2) is 0 Å². The molecule has 0 N–H and O–H groups in total. The molecule has 0 saturated heterocycles. The Balaban J connectivity index is 0.000000354. The van der Waals surface area contributed by atoms with Gasteiger partial charge in [0.2, 0.25) is 0 Å². The van der Waals surface area contributed by atoms with Gasteiger partial charge >= 0.3 is 49.4 Å². The maximum absolute atomic E-state index is 5.51. The predicted molar refractivity (Wildman–Crippen MR) is 66.4 cm³/mol. The topological polar surface area (TPSA) is 9.23 Å². The average Bonchev–Trinajstić information content (AvgIpc) is 2.20. The van der Waals surface area contributed by atoms with Crippen molar-refractivity contribution in [3.05, 3.63) is 11.1 Å². The summed E-state index contributed by atoms with van der Waals surface area (Å²) in [6.07, 6.45) is 0.694. The van der Waals surface area contributed by atoms with Gasteiger partial charge in [-0.05, 0) is 38.8 Å². The summed E-state index contributed by atoms with van der Waals surface area (Å²) in [5.74, 6) is 0. The fourth-order valence-corrected chi connectivity index (χ4v) is 1.15. The van der Waals surface area contributed by atoms with Gasteiger partial charge in [-0.3, -0.25) is 0 Å². The van der Waals surface area contributed by atoms with Crippen LogP contribution in [-0.4, -0.2) is 12.2 Å². The van der Waals surface area contributed by atoms with Crippen LogP contribution in [0.3, 0.4) is 0 Å². The Morgan fingerprint density at radius 2 is 1.33 bits per heavy atom. The third-order valence-electron chi connectivity index (χ3n) is 2.25. The van der Waals surface area contributed by atoms with E-state index in [2.05, 4.69) is 67.7 Å². The molecule has 0 saturated carbocycles. The fourth-order valence-electron chi connectivity index (χ4n) is 1.15. The minimum atomic E-state index is 0.347. The fraction of sp³-hybridized carbons (Fsp3) is 0.750. The molecule has 0 amide bonds. The number of halogens is 2. The molecular weight excluding hydrogens is 417 g/mol. The van der Waals surface area contributed by atoms with E-state index in [0.717, 1.165) is 0 Å². The Morgan fingerprint density at radius 3 is 1.42 bits per heavy atom. The Labute approximate surface area is 104 Å². The summed E-state index contributed by atoms with van der Waals surface area (Å²) < 4.78 is 5.51. The van der Waals surface area contributed by atoms with Crippen molar-refractivity contribution in [3.63, 3.8) is 0 Å². The van der Waals surface area contributed by atoms with Crippen molar-refractivity contribution in [2.24, 2.45) is 0 Å². The second-order valence-electron chi connectivity index (χ2n) is 2.85. The van der Waals surface area contributed by atoms with E-state index in [0.29, 0.717) is 21.7 Å². The molecule has 0 aliphatic carbocycles. The zero-order chi connectivity index (χ0) is 9.72. The first-order valence-corrected chi connectivity index (χ1v) is 12.8. The summed E-state index contributed by atoms with van der Waals surface area (Å²) >= 11 is 4.74. The molecule has 0 fully saturated rings. The quantitative estimate of drug-likeness (QED) is 0.418. The van der Waals surface area contributed by atoms with Gasteiger partial charge in [0.05, 0.1) is 12.2 Å². The number of rotatable bonds is 0. The maximum atomic E-state index is 5.51. The Bertz CT molecular complexity index is 154. The summed E-state index contributed by atoms with van der Waals surface area (Å²) in [6, 6.07) is 0. The van der Waals surface area contributed by atoms with Gasteiger partial charge in [-0.1, -0.05) is 0 Å². The molecule has 1 aliphatic heterocycles. The first kappa shape index (κ1) is 13.7. The van der Waals surface area contributed by atoms with Crippen molar-refractivity contribution in [3.8, 4) is 0 Å². The molecule has 0 bridgehead atoms. The average molecular weight is 431 g/mol. The first-order valence-electron chi connectivity index (χ1n) is 3.79. The van der Waals surface area contributed by atoms with E-state index in [1.54, 1.807) is 0 Å². The Morgan fingerprint density at radius 1 is 1.08 bits per heavy atom. The molecule has 0 radical (unpaired) electrons. The van der Waals surface area contributed by atoms with Gasteiger partial charge in [0.1, 0.15) is 0 Å². The molecule has 0 aromatic carbocycles. The molecule has 4 heteroatoms. The summed E-state index contributed by atoms with van der Waals surface area (Å²) in [7, 11) is 0.628. The monoisotopic (exact) mass is 431 g/mol. The van der Waals surface area contributed by atoms with Crippen molar-refractivity contribution in [2.75, 3.05) is 0 Å². The summed E-state index contributed by atoms with van der Waals surface area (Å²) in [4.78, 5) is 0. The molecule has 1 nitrogen and oxygen atoms in total. The second kappa shape index (κ2) is 7.09. The van der Waals surface area contributed by atoms with Crippen LogP contribution in [-0.2, 0) is 14.2 Å². The van der Waals surface area contributed by atoms with Gasteiger partial charge < -0.3 is 4.74 Å². The van der Waals surface area contributed by atoms with E-state index in [1.165, 1.54) is 11.1 Å². The minimum absolute atomic E-state index is 0.347. The summed E-state index contributed by atoms with van der Waals surface area (Å²) in [6.45, 7) is 8.48.